The Hall–Kier alpha value is -3.00. The second-order valence-electron chi connectivity index (χ2n) is 5.81. The van der Waals surface area contributed by atoms with E-state index >= 15 is 0 Å². The van der Waals surface area contributed by atoms with E-state index in [1.54, 1.807) is 6.07 Å². The summed E-state index contributed by atoms with van der Waals surface area (Å²) in [6, 6.07) is 14.3. The van der Waals surface area contributed by atoms with Gasteiger partial charge in [0.15, 0.2) is 11.6 Å². The van der Waals surface area contributed by atoms with Gasteiger partial charge < -0.3 is 5.32 Å². The lowest BCUT2D eigenvalue weighted by Gasteiger charge is -2.10. The number of nitrogens with zero attached hydrogens (tertiary/aromatic N) is 2. The molecule has 0 fully saturated rings. The maximum atomic E-state index is 13.2. The van der Waals surface area contributed by atoms with E-state index in [4.69, 9.17) is 0 Å². The third kappa shape index (κ3) is 4.15. The molecule has 8 heteroatoms. The highest BCUT2D eigenvalue weighted by Crippen LogP contribution is 2.20. The molecule has 0 aliphatic heterocycles. The van der Waals surface area contributed by atoms with Gasteiger partial charge in [0.05, 0.1) is 4.90 Å². The minimum absolute atomic E-state index is 0.0114. The Morgan fingerprint density at radius 3 is 2.31 bits per heavy atom. The standard InChI is InChI=1S/C18H17FN4O2S/c1-12-4-3-5-15(10-12)20-17-8-9-18(22-21-17)23-26(24,25)16-7-6-14(19)11-13(16)2/h3-11H,1-2H3,(H,20,21)(H,22,23). The monoisotopic (exact) mass is 372 g/mol. The van der Waals surface area contributed by atoms with Crippen molar-refractivity contribution >= 4 is 27.3 Å². The van der Waals surface area contributed by atoms with Crippen LogP contribution in [0.3, 0.4) is 0 Å². The molecule has 6 nitrogen and oxygen atoms in total. The van der Waals surface area contributed by atoms with Crippen molar-refractivity contribution in [2.24, 2.45) is 0 Å². The first-order chi connectivity index (χ1) is 12.3. The molecule has 0 bridgehead atoms. The van der Waals surface area contributed by atoms with E-state index in [9.17, 15) is 12.8 Å². The highest BCUT2D eigenvalue weighted by molar-refractivity contribution is 7.92. The van der Waals surface area contributed by atoms with Gasteiger partial charge in [0.2, 0.25) is 0 Å². The zero-order valence-electron chi connectivity index (χ0n) is 14.2. The molecular formula is C18H17FN4O2S. The quantitative estimate of drug-likeness (QED) is 0.712. The van der Waals surface area contributed by atoms with E-state index in [1.165, 1.54) is 19.1 Å². The summed E-state index contributed by atoms with van der Waals surface area (Å²) in [6.45, 7) is 3.50. The maximum absolute atomic E-state index is 13.2. The topological polar surface area (TPSA) is 84.0 Å². The van der Waals surface area contributed by atoms with Gasteiger partial charge in [-0.25, -0.2) is 12.8 Å². The number of sulfonamides is 1. The van der Waals surface area contributed by atoms with Crippen molar-refractivity contribution in [1.29, 1.82) is 0 Å². The third-order valence-corrected chi connectivity index (χ3v) is 5.14. The number of anilines is 3. The van der Waals surface area contributed by atoms with Gasteiger partial charge in [-0.3, -0.25) is 4.72 Å². The lowest BCUT2D eigenvalue weighted by atomic mass is 10.2. The van der Waals surface area contributed by atoms with Crippen LogP contribution < -0.4 is 10.0 Å². The van der Waals surface area contributed by atoms with Gasteiger partial charge in [0.25, 0.3) is 10.0 Å². The summed E-state index contributed by atoms with van der Waals surface area (Å²) in [6.07, 6.45) is 0. The molecule has 0 saturated carbocycles. The van der Waals surface area contributed by atoms with Gasteiger partial charge >= 0.3 is 0 Å². The molecule has 3 aromatic rings. The van der Waals surface area contributed by atoms with Crippen LogP contribution in [0.15, 0.2) is 59.5 Å². The SMILES string of the molecule is Cc1cccc(Nc2ccc(NS(=O)(=O)c3ccc(F)cc3C)nn2)c1. The lowest BCUT2D eigenvalue weighted by Crippen LogP contribution is -2.15. The van der Waals surface area contributed by atoms with E-state index in [0.29, 0.717) is 11.4 Å². The minimum Gasteiger partial charge on any atom is -0.339 e. The fourth-order valence-electron chi connectivity index (χ4n) is 2.43. The number of aryl methyl sites for hydroxylation is 2. The molecule has 1 heterocycles. The molecule has 2 N–H and O–H groups in total. The highest BCUT2D eigenvalue weighted by atomic mass is 32.2. The first-order valence-electron chi connectivity index (χ1n) is 7.80. The Bertz CT molecular complexity index is 1040. The molecule has 0 saturated heterocycles. The smallest absolute Gasteiger partial charge is 0.263 e. The largest absolute Gasteiger partial charge is 0.339 e. The van der Waals surface area contributed by atoms with Crippen molar-refractivity contribution in [3.8, 4) is 0 Å². The zero-order valence-corrected chi connectivity index (χ0v) is 15.0. The average molecular weight is 372 g/mol. The first-order valence-corrected chi connectivity index (χ1v) is 9.28. The van der Waals surface area contributed by atoms with Crippen LogP contribution in [0.25, 0.3) is 0 Å². The fraction of sp³-hybridized carbons (Fsp3) is 0.111. The molecule has 3 rings (SSSR count). The molecule has 134 valence electrons. The first kappa shape index (κ1) is 17.8. The van der Waals surface area contributed by atoms with Gasteiger partial charge in [-0.15, -0.1) is 10.2 Å². The maximum Gasteiger partial charge on any atom is 0.263 e. The van der Waals surface area contributed by atoms with Gasteiger partial charge in [0, 0.05) is 5.69 Å². The van der Waals surface area contributed by atoms with Crippen molar-refractivity contribution in [2.75, 3.05) is 10.0 Å². The van der Waals surface area contributed by atoms with Gasteiger partial charge in [0.1, 0.15) is 5.82 Å². The van der Waals surface area contributed by atoms with Crippen molar-refractivity contribution in [3.05, 3.63) is 71.5 Å². The average Bonchev–Trinajstić information content (AvgIpc) is 2.56. The summed E-state index contributed by atoms with van der Waals surface area (Å²) >= 11 is 0. The van der Waals surface area contributed by atoms with Gasteiger partial charge in [-0.2, -0.15) is 0 Å². The number of aromatic nitrogens is 2. The molecule has 0 aliphatic rings. The number of benzene rings is 2. The van der Waals surface area contributed by atoms with Crippen LogP contribution in [-0.4, -0.2) is 18.6 Å². The Morgan fingerprint density at radius 2 is 1.65 bits per heavy atom. The zero-order chi connectivity index (χ0) is 18.7. The van der Waals surface area contributed by atoms with Crippen LogP contribution in [0, 0.1) is 19.7 Å². The molecule has 0 aliphatic carbocycles. The van der Waals surface area contributed by atoms with E-state index in [1.807, 2.05) is 31.2 Å². The van der Waals surface area contributed by atoms with Crippen LogP contribution in [0.4, 0.5) is 21.7 Å². The van der Waals surface area contributed by atoms with Crippen LogP contribution in [0.5, 0.6) is 0 Å². The Labute approximate surface area is 151 Å². The van der Waals surface area contributed by atoms with Crippen molar-refractivity contribution in [1.82, 2.24) is 10.2 Å². The van der Waals surface area contributed by atoms with Crippen molar-refractivity contribution in [2.45, 2.75) is 18.7 Å². The molecule has 0 atom stereocenters. The highest BCUT2D eigenvalue weighted by Gasteiger charge is 2.18. The molecule has 2 aromatic carbocycles. The van der Waals surface area contributed by atoms with E-state index < -0.39 is 15.8 Å². The van der Waals surface area contributed by atoms with Crippen molar-refractivity contribution in [3.63, 3.8) is 0 Å². The van der Waals surface area contributed by atoms with Crippen LogP contribution in [0.2, 0.25) is 0 Å². The van der Waals surface area contributed by atoms with Crippen LogP contribution >= 0.6 is 0 Å². The van der Waals surface area contributed by atoms with Gasteiger partial charge in [-0.05, 0) is 67.4 Å². The van der Waals surface area contributed by atoms with Gasteiger partial charge in [-0.1, -0.05) is 12.1 Å². The Kier molecular flexibility index (Phi) is 4.85. The molecule has 0 radical (unpaired) electrons. The fourth-order valence-corrected chi connectivity index (χ4v) is 3.66. The summed E-state index contributed by atoms with van der Waals surface area (Å²) < 4.78 is 40.4. The molecule has 26 heavy (non-hydrogen) atoms. The van der Waals surface area contributed by atoms with E-state index in [-0.39, 0.29) is 10.7 Å². The summed E-state index contributed by atoms with van der Waals surface area (Å²) in [5, 5.41) is 10.9. The van der Waals surface area contributed by atoms with E-state index in [2.05, 4.69) is 20.2 Å². The van der Waals surface area contributed by atoms with Crippen molar-refractivity contribution < 1.29 is 12.8 Å². The van der Waals surface area contributed by atoms with Crippen LogP contribution in [0.1, 0.15) is 11.1 Å². The normalized spacial score (nSPS) is 11.2. The summed E-state index contributed by atoms with van der Waals surface area (Å²) in [7, 11) is -3.88. The molecule has 0 spiro atoms. The number of nitrogens with one attached hydrogen (secondary N) is 2. The number of halogens is 1. The summed E-state index contributed by atoms with van der Waals surface area (Å²) in [5.74, 6) is 0.0628. The summed E-state index contributed by atoms with van der Waals surface area (Å²) in [5.41, 5.74) is 2.26. The minimum atomic E-state index is -3.88. The predicted octanol–water partition coefficient (Wildman–Crippen LogP) is 3.78. The number of hydrogen-bond acceptors (Lipinski definition) is 5. The lowest BCUT2D eigenvalue weighted by molar-refractivity contribution is 0.598. The van der Waals surface area contributed by atoms with Crippen LogP contribution in [-0.2, 0) is 10.0 Å². The Balaban J connectivity index is 1.76. The molecule has 1 aromatic heterocycles. The number of hydrogen-bond donors (Lipinski definition) is 2. The Morgan fingerprint density at radius 1 is 0.923 bits per heavy atom. The molecular weight excluding hydrogens is 355 g/mol. The third-order valence-electron chi connectivity index (χ3n) is 3.62. The van der Waals surface area contributed by atoms with E-state index in [0.717, 1.165) is 23.4 Å². The molecule has 0 unspecified atom stereocenters. The second-order valence-corrected chi connectivity index (χ2v) is 7.46. The summed E-state index contributed by atoms with van der Waals surface area (Å²) in [4.78, 5) is -0.0114. The predicted molar refractivity (Wildman–Crippen MR) is 98.4 cm³/mol. The molecule has 0 amide bonds. The second kappa shape index (κ2) is 7.09. The number of rotatable bonds is 5.